The van der Waals surface area contributed by atoms with Gasteiger partial charge in [0.2, 0.25) is 0 Å². The van der Waals surface area contributed by atoms with Gasteiger partial charge in [-0.15, -0.1) is 0 Å². The predicted molar refractivity (Wildman–Crippen MR) is 61.4 cm³/mol. The molecule has 0 radical (unpaired) electrons. The maximum Gasteiger partial charge on any atom is 0.387 e. The summed E-state index contributed by atoms with van der Waals surface area (Å²) < 4.78 is 34.5. The molecule has 4 heteroatoms. The molecule has 0 atom stereocenters. The lowest BCUT2D eigenvalue weighted by atomic mass is 10.2. The molecule has 1 aromatic carbocycles. The van der Waals surface area contributed by atoms with E-state index in [4.69, 9.17) is 4.74 Å². The van der Waals surface area contributed by atoms with Crippen molar-refractivity contribution in [3.05, 3.63) is 30.3 Å². The molecule has 0 aliphatic heterocycles. The van der Waals surface area contributed by atoms with E-state index in [1.807, 2.05) is 0 Å². The maximum atomic E-state index is 12.2. The van der Waals surface area contributed by atoms with Crippen molar-refractivity contribution in [3.63, 3.8) is 0 Å². The van der Waals surface area contributed by atoms with Crippen LogP contribution in [0.15, 0.2) is 24.8 Å². The molecule has 0 unspecified atom stereocenters. The maximum absolute atomic E-state index is 12.2. The lowest BCUT2D eigenvalue weighted by Gasteiger charge is -2.14. The Morgan fingerprint density at radius 2 is 2.18 bits per heavy atom. The fraction of sp³-hybridized carbons (Fsp3) is 0.385. The van der Waals surface area contributed by atoms with Crippen LogP contribution in [0.4, 0.5) is 8.78 Å². The van der Waals surface area contributed by atoms with Crippen molar-refractivity contribution < 1.29 is 18.3 Å². The third kappa shape index (κ3) is 3.19. The molecule has 2 rings (SSSR count). The topological polar surface area (TPSA) is 18.5 Å². The zero-order valence-electron chi connectivity index (χ0n) is 9.36. The van der Waals surface area contributed by atoms with E-state index in [0.29, 0.717) is 23.8 Å². The van der Waals surface area contributed by atoms with E-state index >= 15 is 0 Å². The Morgan fingerprint density at radius 3 is 2.76 bits per heavy atom. The summed E-state index contributed by atoms with van der Waals surface area (Å²) in [7, 11) is 0. The fourth-order valence-corrected chi connectivity index (χ4v) is 1.52. The highest BCUT2D eigenvalue weighted by atomic mass is 19.3. The van der Waals surface area contributed by atoms with Crippen LogP contribution in [0.2, 0.25) is 0 Å². The Hall–Kier alpha value is -1.58. The van der Waals surface area contributed by atoms with Crippen molar-refractivity contribution in [1.82, 2.24) is 0 Å². The van der Waals surface area contributed by atoms with Gasteiger partial charge in [-0.3, -0.25) is 0 Å². The lowest BCUT2D eigenvalue weighted by molar-refractivity contribution is -0.0515. The molecule has 0 saturated heterocycles. The lowest BCUT2D eigenvalue weighted by Crippen LogP contribution is -2.07. The molecule has 0 heterocycles. The average molecular weight is 240 g/mol. The van der Waals surface area contributed by atoms with Crippen molar-refractivity contribution in [2.24, 2.45) is 5.92 Å². The van der Waals surface area contributed by atoms with E-state index in [0.717, 1.165) is 12.8 Å². The van der Waals surface area contributed by atoms with Gasteiger partial charge in [-0.2, -0.15) is 8.78 Å². The number of halogens is 2. The van der Waals surface area contributed by atoms with Crippen molar-refractivity contribution in [3.8, 4) is 11.5 Å². The molecule has 17 heavy (non-hydrogen) atoms. The molecule has 1 aromatic rings. The van der Waals surface area contributed by atoms with Gasteiger partial charge in [-0.25, -0.2) is 0 Å². The molecule has 2 nitrogen and oxygen atoms in total. The van der Waals surface area contributed by atoms with Crippen molar-refractivity contribution in [2.75, 3.05) is 6.61 Å². The molecule has 0 N–H and O–H groups in total. The number of rotatable bonds is 6. The second-order valence-corrected chi connectivity index (χ2v) is 4.01. The van der Waals surface area contributed by atoms with Crippen LogP contribution in [0.3, 0.4) is 0 Å². The van der Waals surface area contributed by atoms with Crippen LogP contribution in [0.25, 0.3) is 6.08 Å². The first-order valence-electron chi connectivity index (χ1n) is 5.53. The van der Waals surface area contributed by atoms with Gasteiger partial charge < -0.3 is 9.47 Å². The summed E-state index contributed by atoms with van der Waals surface area (Å²) in [5, 5.41) is 0. The van der Waals surface area contributed by atoms with Crippen LogP contribution < -0.4 is 9.47 Å². The van der Waals surface area contributed by atoms with Crippen molar-refractivity contribution in [2.45, 2.75) is 19.5 Å². The Balaban J connectivity index is 2.18. The summed E-state index contributed by atoms with van der Waals surface area (Å²) in [6, 6.07) is 4.87. The summed E-state index contributed by atoms with van der Waals surface area (Å²) in [6.45, 7) is 1.33. The molecular formula is C13H14F2O2. The first-order valence-corrected chi connectivity index (χ1v) is 5.53. The van der Waals surface area contributed by atoms with Gasteiger partial charge in [-0.05, 0) is 24.8 Å². The van der Waals surface area contributed by atoms with E-state index in [2.05, 4.69) is 11.3 Å². The Kier molecular flexibility index (Phi) is 3.61. The molecular weight excluding hydrogens is 226 g/mol. The van der Waals surface area contributed by atoms with E-state index in [1.54, 1.807) is 18.2 Å². The quantitative estimate of drug-likeness (QED) is 0.754. The number of ether oxygens (including phenoxy) is 2. The van der Waals surface area contributed by atoms with Crippen molar-refractivity contribution in [1.29, 1.82) is 0 Å². The summed E-state index contributed by atoms with van der Waals surface area (Å²) in [5.74, 6) is 0.972. The first kappa shape index (κ1) is 11.9. The Bertz CT molecular complexity index is 400. The third-order valence-corrected chi connectivity index (χ3v) is 2.61. The van der Waals surface area contributed by atoms with E-state index in [9.17, 15) is 8.78 Å². The first-order chi connectivity index (χ1) is 8.20. The largest absolute Gasteiger partial charge is 0.489 e. The minimum absolute atomic E-state index is 0.0676. The standard InChI is InChI=1S/C13H14F2O2/c1-2-10-4-3-5-11(17-13(14)15)12(10)16-8-9-6-7-9/h2-5,9,13H,1,6-8H2. The minimum atomic E-state index is -2.85. The van der Waals surface area contributed by atoms with Crippen molar-refractivity contribution >= 4 is 6.08 Å². The van der Waals surface area contributed by atoms with Crippen LogP contribution >= 0.6 is 0 Å². The van der Waals surface area contributed by atoms with Crippen LogP contribution in [0.1, 0.15) is 18.4 Å². The Labute approximate surface area is 98.8 Å². The van der Waals surface area contributed by atoms with Crippen LogP contribution in [-0.4, -0.2) is 13.2 Å². The summed E-state index contributed by atoms with van der Waals surface area (Å²) in [4.78, 5) is 0. The van der Waals surface area contributed by atoms with Gasteiger partial charge >= 0.3 is 6.61 Å². The molecule has 0 aromatic heterocycles. The van der Waals surface area contributed by atoms with Crippen LogP contribution in [0.5, 0.6) is 11.5 Å². The number of hydrogen-bond acceptors (Lipinski definition) is 2. The summed E-state index contributed by atoms with van der Waals surface area (Å²) >= 11 is 0. The number of alkyl halides is 2. The molecule has 1 fully saturated rings. The summed E-state index contributed by atoms with van der Waals surface area (Å²) in [6.07, 6.45) is 3.85. The second-order valence-electron chi connectivity index (χ2n) is 4.01. The molecule has 92 valence electrons. The van der Waals surface area contributed by atoms with E-state index in [-0.39, 0.29) is 5.75 Å². The third-order valence-electron chi connectivity index (χ3n) is 2.61. The fourth-order valence-electron chi connectivity index (χ4n) is 1.52. The number of hydrogen-bond donors (Lipinski definition) is 0. The zero-order chi connectivity index (χ0) is 12.3. The molecule has 0 bridgehead atoms. The zero-order valence-corrected chi connectivity index (χ0v) is 9.36. The monoisotopic (exact) mass is 240 g/mol. The van der Waals surface area contributed by atoms with E-state index in [1.165, 1.54) is 6.07 Å². The van der Waals surface area contributed by atoms with Gasteiger partial charge in [0, 0.05) is 5.56 Å². The Morgan fingerprint density at radius 1 is 1.41 bits per heavy atom. The normalized spacial score (nSPS) is 14.8. The SMILES string of the molecule is C=Cc1cccc(OC(F)F)c1OCC1CC1. The van der Waals surface area contributed by atoms with Gasteiger partial charge in [0.1, 0.15) is 0 Å². The number of benzene rings is 1. The van der Waals surface area contributed by atoms with Crippen LogP contribution in [-0.2, 0) is 0 Å². The smallest absolute Gasteiger partial charge is 0.387 e. The van der Waals surface area contributed by atoms with E-state index < -0.39 is 6.61 Å². The van der Waals surface area contributed by atoms with Gasteiger partial charge in [-0.1, -0.05) is 24.8 Å². The highest BCUT2D eigenvalue weighted by molar-refractivity contribution is 5.61. The number of para-hydroxylation sites is 1. The molecule has 1 aliphatic carbocycles. The molecule has 1 saturated carbocycles. The molecule has 1 aliphatic rings. The molecule has 0 amide bonds. The van der Waals surface area contributed by atoms with Gasteiger partial charge in [0.25, 0.3) is 0 Å². The highest BCUT2D eigenvalue weighted by Gasteiger charge is 2.23. The highest BCUT2D eigenvalue weighted by Crippen LogP contribution is 2.36. The van der Waals surface area contributed by atoms with Gasteiger partial charge in [0.05, 0.1) is 6.61 Å². The predicted octanol–water partition coefficient (Wildman–Crippen LogP) is 3.72. The van der Waals surface area contributed by atoms with Crippen LogP contribution in [0, 0.1) is 5.92 Å². The second kappa shape index (κ2) is 5.17. The van der Waals surface area contributed by atoms with Gasteiger partial charge in [0.15, 0.2) is 11.5 Å². The summed E-state index contributed by atoms with van der Waals surface area (Å²) in [5.41, 5.74) is 0.670. The molecule has 0 spiro atoms. The minimum Gasteiger partial charge on any atom is -0.489 e. The average Bonchev–Trinajstić information content (AvgIpc) is 3.10.